The number of rotatable bonds is 9. The molecule has 40 heavy (non-hydrogen) atoms. The second kappa shape index (κ2) is 10.8. The summed E-state index contributed by atoms with van der Waals surface area (Å²) >= 11 is 0. The van der Waals surface area contributed by atoms with Crippen LogP contribution in [0.2, 0.25) is 0 Å². The molecule has 0 spiro atoms. The van der Waals surface area contributed by atoms with Crippen molar-refractivity contribution in [2.45, 2.75) is 38.6 Å². The van der Waals surface area contributed by atoms with Gasteiger partial charge in [-0.25, -0.2) is 9.97 Å². The summed E-state index contributed by atoms with van der Waals surface area (Å²) < 4.78 is 54.3. The van der Waals surface area contributed by atoms with Crippen LogP contribution in [0, 0.1) is 6.92 Å². The van der Waals surface area contributed by atoms with Crippen molar-refractivity contribution >= 4 is 30.2 Å². The lowest BCUT2D eigenvalue weighted by atomic mass is 9.80. The van der Waals surface area contributed by atoms with Gasteiger partial charge in [-0.1, -0.05) is 36.4 Å². The Kier molecular flexibility index (Phi) is 7.44. The highest BCUT2D eigenvalue weighted by Crippen LogP contribution is 2.32. The van der Waals surface area contributed by atoms with Crippen LogP contribution in [0.4, 0.5) is 30.8 Å². The van der Waals surface area contributed by atoms with E-state index >= 15 is 0 Å². The Labute approximate surface area is 227 Å². The molecular formula is C25H25BF3N7O4. The molecule has 0 unspecified atom stereocenters. The number of anilines is 3. The zero-order valence-electron chi connectivity index (χ0n) is 21.7. The lowest BCUT2D eigenvalue weighted by Crippen LogP contribution is -2.36. The van der Waals surface area contributed by atoms with Gasteiger partial charge in [-0.15, -0.1) is 10.2 Å². The van der Waals surface area contributed by atoms with Crippen LogP contribution in [0.5, 0.6) is 0 Å². The van der Waals surface area contributed by atoms with Gasteiger partial charge in [0.25, 0.3) is 5.89 Å². The first-order valence-electron chi connectivity index (χ1n) is 12.3. The van der Waals surface area contributed by atoms with Crippen LogP contribution in [0.25, 0.3) is 11.5 Å². The molecule has 4 aromatic rings. The summed E-state index contributed by atoms with van der Waals surface area (Å²) in [5.41, 5.74) is 1.07. The van der Waals surface area contributed by atoms with Gasteiger partial charge in [-0.3, -0.25) is 0 Å². The fraction of sp³-hybridized carbons (Fsp3) is 0.320. The largest absolute Gasteiger partial charge is 0.496 e. The molecule has 0 bridgehead atoms. The Balaban J connectivity index is 1.44. The van der Waals surface area contributed by atoms with Gasteiger partial charge in [-0.05, 0) is 25.5 Å². The summed E-state index contributed by atoms with van der Waals surface area (Å²) in [7, 11) is -1.20. The number of aliphatic hydroxyl groups is 1. The van der Waals surface area contributed by atoms with E-state index in [9.17, 15) is 18.3 Å². The van der Waals surface area contributed by atoms with Gasteiger partial charge in [0.1, 0.15) is 18.2 Å². The smallest absolute Gasteiger partial charge is 0.421 e. The zero-order valence-corrected chi connectivity index (χ0v) is 21.7. The molecule has 208 valence electrons. The number of aromatic nitrogens is 5. The van der Waals surface area contributed by atoms with Crippen LogP contribution in [0.15, 0.2) is 53.1 Å². The topological polar surface area (TPSA) is 140 Å². The number of pyridine rings is 1. The number of fused-ring (bicyclic) bond motifs is 1. The van der Waals surface area contributed by atoms with Crippen LogP contribution in [0.1, 0.15) is 37.0 Å². The SMILES string of the molecule is Cc1nnc(-c2cnc(Nc3ccc4c(n3)C(C)(C)OB4OCC(F)(F)F)nc2N[C@H](CO)c2ccccc2)o1. The maximum Gasteiger partial charge on any atom is 0.496 e. The first-order chi connectivity index (χ1) is 19.0. The van der Waals surface area contributed by atoms with E-state index < -0.39 is 31.5 Å². The monoisotopic (exact) mass is 555 g/mol. The number of nitrogens with zero attached hydrogens (tertiary/aromatic N) is 5. The normalized spacial score (nSPS) is 15.1. The highest BCUT2D eigenvalue weighted by Gasteiger charge is 2.45. The molecule has 0 amide bonds. The average Bonchev–Trinajstić information content (AvgIpc) is 3.46. The molecule has 11 nitrogen and oxygen atoms in total. The van der Waals surface area contributed by atoms with Crippen molar-refractivity contribution in [3.8, 4) is 11.5 Å². The van der Waals surface area contributed by atoms with Gasteiger partial charge in [0.15, 0.2) is 0 Å². The minimum absolute atomic E-state index is 0.154. The van der Waals surface area contributed by atoms with Crippen molar-refractivity contribution in [3.05, 3.63) is 65.8 Å². The molecule has 1 aliphatic rings. The van der Waals surface area contributed by atoms with Crippen molar-refractivity contribution in [3.63, 3.8) is 0 Å². The van der Waals surface area contributed by atoms with Gasteiger partial charge in [0, 0.05) is 18.6 Å². The van der Waals surface area contributed by atoms with E-state index in [0.717, 1.165) is 5.56 Å². The highest BCUT2D eigenvalue weighted by atomic mass is 19.4. The number of aliphatic hydroxyl groups excluding tert-OH is 1. The minimum atomic E-state index is -4.49. The predicted molar refractivity (Wildman–Crippen MR) is 139 cm³/mol. The second-order valence-electron chi connectivity index (χ2n) is 9.52. The van der Waals surface area contributed by atoms with E-state index in [0.29, 0.717) is 34.2 Å². The quantitative estimate of drug-likeness (QED) is 0.261. The van der Waals surface area contributed by atoms with Crippen molar-refractivity contribution in [2.24, 2.45) is 0 Å². The lowest BCUT2D eigenvalue weighted by Gasteiger charge is -2.20. The maximum atomic E-state index is 12.7. The Bertz CT molecular complexity index is 1490. The van der Waals surface area contributed by atoms with Gasteiger partial charge >= 0.3 is 13.3 Å². The minimum Gasteiger partial charge on any atom is -0.421 e. The number of hydrogen-bond donors (Lipinski definition) is 3. The molecule has 1 atom stereocenters. The van der Waals surface area contributed by atoms with Gasteiger partial charge < -0.3 is 29.5 Å². The molecule has 0 fully saturated rings. The van der Waals surface area contributed by atoms with Gasteiger partial charge in [-0.2, -0.15) is 18.2 Å². The summed E-state index contributed by atoms with van der Waals surface area (Å²) in [6, 6.07) is 12.0. The number of benzene rings is 1. The number of alkyl halides is 3. The number of aryl methyl sites for hydroxylation is 1. The Morgan fingerprint density at radius 2 is 1.88 bits per heavy atom. The van der Waals surface area contributed by atoms with Crippen LogP contribution >= 0.6 is 0 Å². The van der Waals surface area contributed by atoms with Crippen molar-refractivity contribution < 1.29 is 32.0 Å². The molecule has 3 N–H and O–H groups in total. The van der Waals surface area contributed by atoms with E-state index in [4.69, 9.17) is 13.7 Å². The first-order valence-corrected chi connectivity index (χ1v) is 12.3. The van der Waals surface area contributed by atoms with Crippen molar-refractivity contribution in [2.75, 3.05) is 23.8 Å². The first kappa shape index (κ1) is 27.5. The zero-order chi connectivity index (χ0) is 28.5. The molecule has 5 rings (SSSR count). The summed E-state index contributed by atoms with van der Waals surface area (Å²) in [4.78, 5) is 13.5. The summed E-state index contributed by atoms with van der Waals surface area (Å²) in [5.74, 6) is 1.35. The fourth-order valence-corrected chi connectivity index (χ4v) is 4.21. The van der Waals surface area contributed by atoms with Crippen LogP contribution in [-0.4, -0.2) is 56.8 Å². The molecule has 15 heteroatoms. The Hall–Kier alpha value is -4.08. The molecule has 0 saturated carbocycles. The van der Waals surface area contributed by atoms with Crippen molar-refractivity contribution in [1.82, 2.24) is 25.1 Å². The second-order valence-corrected chi connectivity index (χ2v) is 9.52. The molecule has 0 radical (unpaired) electrons. The van der Waals surface area contributed by atoms with Crippen LogP contribution < -0.4 is 16.1 Å². The van der Waals surface area contributed by atoms with Gasteiger partial charge in [0.05, 0.1) is 29.5 Å². The Morgan fingerprint density at radius 1 is 1.10 bits per heavy atom. The summed E-state index contributed by atoms with van der Waals surface area (Å²) in [6.45, 7) is 3.37. The number of hydrogen-bond acceptors (Lipinski definition) is 11. The molecule has 3 aromatic heterocycles. The third-order valence-electron chi connectivity index (χ3n) is 6.03. The Morgan fingerprint density at radius 3 is 2.55 bits per heavy atom. The summed E-state index contributed by atoms with van der Waals surface area (Å²) in [5, 5.41) is 24.3. The molecule has 1 aliphatic heterocycles. The maximum absolute atomic E-state index is 12.7. The summed E-state index contributed by atoms with van der Waals surface area (Å²) in [6.07, 6.45) is -3.00. The highest BCUT2D eigenvalue weighted by molar-refractivity contribution is 6.63. The molecular weight excluding hydrogens is 530 g/mol. The van der Waals surface area contributed by atoms with E-state index in [1.54, 1.807) is 32.9 Å². The number of halogens is 3. The van der Waals surface area contributed by atoms with Gasteiger partial charge in [0.2, 0.25) is 11.8 Å². The molecule has 1 aromatic carbocycles. The fourth-order valence-electron chi connectivity index (χ4n) is 4.21. The van der Waals surface area contributed by atoms with E-state index in [2.05, 4.69) is 35.8 Å². The van der Waals surface area contributed by atoms with E-state index in [1.165, 1.54) is 6.20 Å². The van der Waals surface area contributed by atoms with Crippen LogP contribution in [0.3, 0.4) is 0 Å². The predicted octanol–water partition coefficient (Wildman–Crippen LogP) is 3.66. The van der Waals surface area contributed by atoms with Crippen LogP contribution in [-0.2, 0) is 14.9 Å². The lowest BCUT2D eigenvalue weighted by molar-refractivity contribution is -0.157. The third kappa shape index (κ3) is 6.06. The molecule has 0 aliphatic carbocycles. The van der Waals surface area contributed by atoms with Crippen molar-refractivity contribution in [1.29, 1.82) is 0 Å². The van der Waals surface area contributed by atoms with E-state index in [-0.39, 0.29) is 18.4 Å². The standard InChI is InChI=1S/C25H25BF3N7O4/c1-14-35-36-22(39-14)16-11-30-23(34-21(16)31-18(12-37)15-7-5-4-6-8-15)33-19-10-9-17-20(32-19)24(2,3)40-26(17)38-13-25(27,28)29/h4-11,18,37H,12-13H2,1-3H3,(H2,30,31,32,33,34)/t18-/m1/s1. The number of nitrogens with one attached hydrogen (secondary N) is 2. The molecule has 4 heterocycles. The molecule has 0 saturated heterocycles. The third-order valence-corrected chi connectivity index (χ3v) is 6.03. The van der Waals surface area contributed by atoms with E-state index in [1.807, 2.05) is 30.3 Å². The average molecular weight is 555 g/mol.